The molecule has 0 aliphatic carbocycles. The second-order valence-corrected chi connectivity index (χ2v) is 10.5. The number of hydrogen-bond donors (Lipinski definition) is 2. The van der Waals surface area contributed by atoms with E-state index in [-0.39, 0.29) is 25.4 Å². The van der Waals surface area contributed by atoms with Crippen LogP contribution in [0.2, 0.25) is 0 Å². The highest BCUT2D eigenvalue weighted by atomic mass is 16.7. The number of furan rings is 1. The predicted octanol–water partition coefficient (Wildman–Crippen LogP) is 7.78. The highest BCUT2D eigenvalue weighted by Crippen LogP contribution is 2.30. The third-order valence-corrected chi connectivity index (χ3v) is 7.23. The van der Waals surface area contributed by atoms with Crippen molar-refractivity contribution in [1.82, 2.24) is 5.32 Å². The van der Waals surface area contributed by atoms with Crippen molar-refractivity contribution in [2.24, 2.45) is 0 Å². The van der Waals surface area contributed by atoms with E-state index in [4.69, 9.17) is 18.6 Å². The number of ether oxygens (including phenoxy) is 3. The molecule has 0 bridgehead atoms. The molecule has 230 valence electrons. The lowest BCUT2D eigenvalue weighted by Gasteiger charge is -2.19. The molecule has 1 aromatic heterocycles. The number of rotatable bonds is 10. The molecule has 0 aliphatic rings. The summed E-state index contributed by atoms with van der Waals surface area (Å²) < 4.78 is 21.8. The summed E-state index contributed by atoms with van der Waals surface area (Å²) in [6.07, 6.45) is -1.44. The van der Waals surface area contributed by atoms with Crippen LogP contribution in [0.1, 0.15) is 16.7 Å². The van der Waals surface area contributed by atoms with E-state index in [2.05, 4.69) is 10.6 Å². The first-order valence-electron chi connectivity index (χ1n) is 14.7. The Kier molecular flexibility index (Phi) is 9.20. The number of para-hydroxylation sites is 1. The minimum atomic E-state index is -0.989. The van der Waals surface area contributed by atoms with Gasteiger partial charge in [0, 0.05) is 28.9 Å². The summed E-state index contributed by atoms with van der Waals surface area (Å²) in [6.45, 7) is 0.139. The Hall–Kier alpha value is -6.09. The molecule has 1 heterocycles. The summed E-state index contributed by atoms with van der Waals surface area (Å²) in [5, 5.41) is 7.49. The van der Waals surface area contributed by atoms with Gasteiger partial charge in [0.2, 0.25) is 5.91 Å². The van der Waals surface area contributed by atoms with Crippen molar-refractivity contribution < 1.29 is 33.0 Å². The minimum absolute atomic E-state index is 0.0517. The first kappa shape index (κ1) is 30.0. The third kappa shape index (κ3) is 7.70. The van der Waals surface area contributed by atoms with Crippen LogP contribution in [0.15, 0.2) is 132 Å². The van der Waals surface area contributed by atoms with Crippen LogP contribution in [0.4, 0.5) is 15.3 Å². The smallest absolute Gasteiger partial charge is 0.456 e. The summed E-state index contributed by atoms with van der Waals surface area (Å²) in [6, 6.07) is 37.3. The lowest BCUT2D eigenvalue weighted by Crippen LogP contribution is -2.45. The first-order valence-corrected chi connectivity index (χ1v) is 14.7. The number of nitrogens with one attached hydrogen (secondary N) is 2. The molecule has 5 aromatic carbocycles. The van der Waals surface area contributed by atoms with Gasteiger partial charge in [-0.2, -0.15) is 0 Å². The second-order valence-electron chi connectivity index (χ2n) is 10.5. The van der Waals surface area contributed by atoms with E-state index in [1.165, 1.54) is 0 Å². The summed E-state index contributed by atoms with van der Waals surface area (Å²) >= 11 is 0. The maximum absolute atomic E-state index is 13.5. The van der Waals surface area contributed by atoms with E-state index in [0.717, 1.165) is 27.5 Å². The van der Waals surface area contributed by atoms with E-state index in [0.29, 0.717) is 16.8 Å². The fourth-order valence-corrected chi connectivity index (χ4v) is 4.92. The largest absolute Gasteiger partial charge is 0.514 e. The Balaban J connectivity index is 1.12. The van der Waals surface area contributed by atoms with E-state index in [9.17, 15) is 14.4 Å². The molecule has 0 spiro atoms. The number of amides is 2. The Labute approximate surface area is 264 Å². The van der Waals surface area contributed by atoms with E-state index < -0.39 is 24.2 Å². The molecule has 9 nitrogen and oxygen atoms in total. The fourth-order valence-electron chi connectivity index (χ4n) is 4.92. The van der Waals surface area contributed by atoms with Crippen molar-refractivity contribution in [2.45, 2.75) is 25.7 Å². The Morgan fingerprint density at radius 1 is 0.630 bits per heavy atom. The van der Waals surface area contributed by atoms with Gasteiger partial charge in [0.05, 0.1) is 0 Å². The molecule has 0 aliphatic heterocycles. The molecule has 9 heteroatoms. The van der Waals surface area contributed by atoms with Gasteiger partial charge in [-0.15, -0.1) is 0 Å². The maximum atomic E-state index is 13.5. The summed E-state index contributed by atoms with van der Waals surface area (Å²) in [5.74, 6) is -0.172. The normalized spacial score (nSPS) is 11.5. The lowest BCUT2D eigenvalue weighted by atomic mass is 10.0. The van der Waals surface area contributed by atoms with Crippen LogP contribution in [0.5, 0.6) is 5.75 Å². The average molecular weight is 615 g/mol. The van der Waals surface area contributed by atoms with Crippen LogP contribution in [0.25, 0.3) is 21.9 Å². The monoisotopic (exact) mass is 614 g/mol. The second kappa shape index (κ2) is 14.1. The lowest BCUT2D eigenvalue weighted by molar-refractivity contribution is -0.118. The first-order chi connectivity index (χ1) is 22.5. The molecule has 0 radical (unpaired) electrons. The molecule has 0 saturated carbocycles. The van der Waals surface area contributed by atoms with Crippen LogP contribution in [0, 0.1) is 0 Å². The van der Waals surface area contributed by atoms with Gasteiger partial charge in [-0.3, -0.25) is 4.79 Å². The molecule has 6 aromatic rings. The molecule has 0 unspecified atom stereocenters. The Morgan fingerprint density at radius 3 is 1.98 bits per heavy atom. The molecule has 46 heavy (non-hydrogen) atoms. The van der Waals surface area contributed by atoms with E-state index >= 15 is 0 Å². The van der Waals surface area contributed by atoms with Gasteiger partial charge in [-0.1, -0.05) is 91.0 Å². The number of alkyl carbamates (subject to hydrolysis) is 1. The van der Waals surface area contributed by atoms with Crippen molar-refractivity contribution in [3.8, 4) is 5.75 Å². The Morgan fingerprint density at radius 2 is 1.26 bits per heavy atom. The zero-order valence-electron chi connectivity index (χ0n) is 24.7. The third-order valence-electron chi connectivity index (χ3n) is 7.23. The van der Waals surface area contributed by atoms with Crippen LogP contribution in [-0.4, -0.2) is 24.2 Å². The average Bonchev–Trinajstić information content (AvgIpc) is 3.46. The summed E-state index contributed by atoms with van der Waals surface area (Å²) in [5.41, 5.74) is 4.25. The molecule has 1 atom stereocenters. The van der Waals surface area contributed by atoms with Crippen LogP contribution >= 0.6 is 0 Å². The van der Waals surface area contributed by atoms with Crippen molar-refractivity contribution in [3.63, 3.8) is 0 Å². The minimum Gasteiger partial charge on any atom is -0.456 e. The molecule has 0 fully saturated rings. The molecule has 0 saturated heterocycles. The van der Waals surface area contributed by atoms with Crippen molar-refractivity contribution in [1.29, 1.82) is 0 Å². The number of hydrogen-bond acceptors (Lipinski definition) is 7. The van der Waals surface area contributed by atoms with E-state index in [1.54, 1.807) is 36.4 Å². The van der Waals surface area contributed by atoms with Gasteiger partial charge in [-0.25, -0.2) is 9.59 Å². The topological polar surface area (TPSA) is 116 Å². The highest BCUT2D eigenvalue weighted by Gasteiger charge is 2.23. The Bertz CT molecular complexity index is 1960. The van der Waals surface area contributed by atoms with Crippen molar-refractivity contribution in [3.05, 3.63) is 144 Å². The zero-order valence-corrected chi connectivity index (χ0v) is 24.7. The SMILES string of the molecule is O=C(N[C@@H](Cc1ccc(OC(=O)OCc2ccccc2)cc1)C(=O)Nc1ccc2c(c1)oc1ccccc12)OCc1ccccc1. The van der Waals surface area contributed by atoms with Crippen LogP contribution in [0.3, 0.4) is 0 Å². The van der Waals surface area contributed by atoms with Crippen LogP contribution in [-0.2, 0) is 33.9 Å². The number of fused-ring (bicyclic) bond motifs is 3. The number of anilines is 1. The molecule has 2 amide bonds. The van der Waals surface area contributed by atoms with Gasteiger partial charge < -0.3 is 29.3 Å². The fraction of sp³-hybridized carbons (Fsp3) is 0.108. The standard InChI is InChI=1S/C37H30N2O7/c40-35(38-28-17-20-31-30-13-7-8-14-33(30)46-34(31)22-28)32(39-36(41)43-23-26-9-3-1-4-10-26)21-25-15-18-29(19-16-25)45-37(42)44-24-27-11-5-2-6-12-27/h1-20,22,32H,21,23-24H2,(H,38,40)(H,39,41)/t32-/m0/s1. The van der Waals surface area contributed by atoms with Gasteiger partial charge in [0.1, 0.15) is 36.2 Å². The van der Waals surface area contributed by atoms with Crippen molar-refractivity contribution >= 4 is 45.8 Å². The highest BCUT2D eigenvalue weighted by molar-refractivity contribution is 6.06. The summed E-state index contributed by atoms with van der Waals surface area (Å²) in [4.78, 5) is 38.5. The maximum Gasteiger partial charge on any atom is 0.514 e. The van der Waals surface area contributed by atoms with Gasteiger partial charge in [-0.05, 0) is 47.0 Å². The molecular weight excluding hydrogens is 584 g/mol. The number of benzene rings is 5. The van der Waals surface area contributed by atoms with Crippen LogP contribution < -0.4 is 15.4 Å². The van der Waals surface area contributed by atoms with E-state index in [1.807, 2.05) is 91.0 Å². The van der Waals surface area contributed by atoms with Gasteiger partial charge in [0.25, 0.3) is 0 Å². The van der Waals surface area contributed by atoms with Gasteiger partial charge >= 0.3 is 12.2 Å². The zero-order chi connectivity index (χ0) is 31.7. The molecular formula is C37H30N2O7. The summed E-state index contributed by atoms with van der Waals surface area (Å²) in [7, 11) is 0. The predicted molar refractivity (Wildman–Crippen MR) is 173 cm³/mol. The number of carbonyl (C=O) groups excluding carboxylic acids is 3. The quantitative estimate of drug-likeness (QED) is 0.120. The number of carbonyl (C=O) groups is 3. The molecule has 6 rings (SSSR count). The van der Waals surface area contributed by atoms with Gasteiger partial charge in [0.15, 0.2) is 0 Å². The van der Waals surface area contributed by atoms with Crippen molar-refractivity contribution in [2.75, 3.05) is 5.32 Å². The molecule has 2 N–H and O–H groups in total.